The number of hydrogen-bond donors (Lipinski definition) is 1. The van der Waals surface area contributed by atoms with Gasteiger partial charge >= 0.3 is 0 Å². The summed E-state index contributed by atoms with van der Waals surface area (Å²) < 4.78 is 35.1. The lowest BCUT2D eigenvalue weighted by Crippen LogP contribution is -2.49. The van der Waals surface area contributed by atoms with Gasteiger partial charge < -0.3 is 4.74 Å². The van der Waals surface area contributed by atoms with E-state index in [0.29, 0.717) is 21.8 Å². The summed E-state index contributed by atoms with van der Waals surface area (Å²) >= 11 is 5.95. The molecule has 2 saturated heterocycles. The second-order valence-electron chi connectivity index (χ2n) is 8.94. The third-order valence-electron chi connectivity index (χ3n) is 6.65. The number of carbonyl (C=O) groups excluding carboxylic acids is 2. The van der Waals surface area contributed by atoms with Crippen molar-refractivity contribution < 1.29 is 22.7 Å². The van der Waals surface area contributed by atoms with Crippen molar-refractivity contribution in [2.45, 2.75) is 37.4 Å². The Morgan fingerprint density at radius 3 is 2.33 bits per heavy atom. The van der Waals surface area contributed by atoms with Crippen LogP contribution in [0.1, 0.15) is 16.7 Å². The molecule has 2 aromatic rings. The summed E-state index contributed by atoms with van der Waals surface area (Å²) in [5.74, 6) is -2.25. The zero-order valence-corrected chi connectivity index (χ0v) is 19.9. The fourth-order valence-corrected chi connectivity index (χ4v) is 7.07. The summed E-state index contributed by atoms with van der Waals surface area (Å²) in [7, 11) is -3.87. The number of imide groups is 1. The maximum Gasteiger partial charge on any atom is 0.241 e. The van der Waals surface area contributed by atoms with Gasteiger partial charge in [-0.05, 0) is 56.2 Å². The molecule has 3 heterocycles. The van der Waals surface area contributed by atoms with Gasteiger partial charge in [-0.15, -0.1) is 0 Å². The Morgan fingerprint density at radius 1 is 1.06 bits per heavy atom. The van der Waals surface area contributed by atoms with Crippen molar-refractivity contribution in [2.24, 2.45) is 11.8 Å². The molecule has 3 aliphatic heterocycles. The zero-order valence-electron chi connectivity index (χ0n) is 18.3. The fraction of sp³-hybridized carbons (Fsp3) is 0.333. The molecule has 1 N–H and O–H groups in total. The van der Waals surface area contributed by atoms with Crippen molar-refractivity contribution in [2.75, 3.05) is 11.4 Å². The number of hydrogen-bond acceptors (Lipinski definition) is 5. The quantitative estimate of drug-likeness (QED) is 0.518. The molecule has 172 valence electrons. The van der Waals surface area contributed by atoms with Gasteiger partial charge in [-0.2, -0.15) is 0 Å². The third kappa shape index (κ3) is 3.35. The van der Waals surface area contributed by atoms with Crippen molar-refractivity contribution in [1.82, 2.24) is 4.72 Å². The summed E-state index contributed by atoms with van der Waals surface area (Å²) in [6.07, 6.45) is 2.89. The van der Waals surface area contributed by atoms with E-state index in [9.17, 15) is 18.0 Å². The number of aryl methyl sites for hydroxylation is 3. The molecule has 0 spiro atoms. The molecular weight excluding hydrogens is 464 g/mol. The summed E-state index contributed by atoms with van der Waals surface area (Å²) in [6, 6.07) is 10.1. The van der Waals surface area contributed by atoms with Gasteiger partial charge in [0.05, 0.1) is 28.5 Å². The van der Waals surface area contributed by atoms with Crippen molar-refractivity contribution in [3.63, 3.8) is 0 Å². The van der Waals surface area contributed by atoms with Crippen LogP contribution in [0.2, 0.25) is 5.02 Å². The summed E-state index contributed by atoms with van der Waals surface area (Å²) in [5.41, 5.74) is 1.48. The first-order valence-electron chi connectivity index (χ1n) is 10.6. The van der Waals surface area contributed by atoms with E-state index in [4.69, 9.17) is 16.3 Å². The van der Waals surface area contributed by atoms with E-state index >= 15 is 0 Å². The molecule has 33 heavy (non-hydrogen) atoms. The summed E-state index contributed by atoms with van der Waals surface area (Å²) in [5, 5.41) is 0.496. The average Bonchev–Trinajstić information content (AvgIpc) is 3.37. The Hall–Kier alpha value is -2.52. The van der Waals surface area contributed by atoms with Crippen molar-refractivity contribution in [3.8, 4) is 0 Å². The van der Waals surface area contributed by atoms with E-state index in [1.165, 1.54) is 0 Å². The highest BCUT2D eigenvalue weighted by atomic mass is 35.5. The molecular formula is C24H23ClN2O5S. The smallest absolute Gasteiger partial charge is 0.241 e. The minimum Gasteiger partial charge on any atom is -0.361 e. The van der Waals surface area contributed by atoms with Crippen LogP contribution >= 0.6 is 11.6 Å². The van der Waals surface area contributed by atoms with Crippen LogP contribution in [0.15, 0.2) is 53.4 Å². The van der Waals surface area contributed by atoms with Crippen LogP contribution < -0.4 is 9.62 Å². The van der Waals surface area contributed by atoms with E-state index in [2.05, 4.69) is 4.72 Å². The molecule has 5 rings (SSSR count). The lowest BCUT2D eigenvalue weighted by Gasteiger charge is -2.29. The highest BCUT2D eigenvalue weighted by Gasteiger charge is 2.67. The second-order valence-corrected chi connectivity index (χ2v) is 11.1. The summed E-state index contributed by atoms with van der Waals surface area (Å²) in [4.78, 5) is 28.0. The third-order valence-corrected chi connectivity index (χ3v) is 8.61. The van der Waals surface area contributed by atoms with Gasteiger partial charge in [0.25, 0.3) is 0 Å². The molecule has 0 saturated carbocycles. The van der Waals surface area contributed by atoms with E-state index in [1.807, 2.05) is 19.1 Å². The van der Waals surface area contributed by atoms with Gasteiger partial charge in [0, 0.05) is 11.6 Å². The number of anilines is 1. The number of halogens is 1. The second kappa shape index (κ2) is 7.50. The van der Waals surface area contributed by atoms with E-state index in [0.717, 1.165) is 10.5 Å². The average molecular weight is 487 g/mol. The van der Waals surface area contributed by atoms with Crippen LogP contribution in [0.25, 0.3) is 0 Å². The maximum absolute atomic E-state index is 13.4. The predicted octanol–water partition coefficient (Wildman–Crippen LogP) is 3.06. The lowest BCUT2D eigenvalue weighted by molar-refractivity contribution is -0.126. The zero-order chi connectivity index (χ0) is 23.7. The van der Waals surface area contributed by atoms with Crippen molar-refractivity contribution in [3.05, 3.63) is 70.3 Å². The summed E-state index contributed by atoms with van der Waals surface area (Å²) in [6.45, 7) is 5.27. The topological polar surface area (TPSA) is 92.8 Å². The van der Waals surface area contributed by atoms with Crippen LogP contribution in [0, 0.1) is 32.6 Å². The molecule has 2 aromatic carbocycles. The molecule has 0 aromatic heterocycles. The van der Waals surface area contributed by atoms with Gasteiger partial charge in [-0.1, -0.05) is 41.4 Å². The lowest BCUT2D eigenvalue weighted by atomic mass is 9.77. The van der Waals surface area contributed by atoms with Crippen LogP contribution in [-0.2, 0) is 24.3 Å². The number of ether oxygens (including phenoxy) is 1. The van der Waals surface area contributed by atoms with E-state index in [-0.39, 0.29) is 17.3 Å². The van der Waals surface area contributed by atoms with Crippen molar-refractivity contribution in [1.29, 1.82) is 0 Å². The molecule has 7 nitrogen and oxygen atoms in total. The normalized spacial score (nSPS) is 28.1. The first-order valence-corrected chi connectivity index (χ1v) is 12.5. The van der Waals surface area contributed by atoms with Crippen LogP contribution in [0.4, 0.5) is 5.69 Å². The highest BCUT2D eigenvalue weighted by Crippen LogP contribution is 2.52. The fourth-order valence-electron chi connectivity index (χ4n) is 5.42. The van der Waals surface area contributed by atoms with Gasteiger partial charge in [0.2, 0.25) is 21.8 Å². The minimum absolute atomic E-state index is 0.149. The van der Waals surface area contributed by atoms with Crippen LogP contribution in [0.5, 0.6) is 0 Å². The number of carbonyl (C=O) groups is 2. The van der Waals surface area contributed by atoms with Gasteiger partial charge in [-0.25, -0.2) is 18.0 Å². The Bertz CT molecular complexity index is 1300. The Kier molecular flexibility index (Phi) is 5.06. The maximum atomic E-state index is 13.4. The number of amides is 2. The van der Waals surface area contributed by atoms with E-state index < -0.39 is 39.5 Å². The molecule has 9 heteroatoms. The molecule has 3 aliphatic rings. The molecule has 2 bridgehead atoms. The Labute approximate surface area is 197 Å². The number of benzene rings is 2. The Morgan fingerprint density at radius 2 is 1.70 bits per heavy atom. The van der Waals surface area contributed by atoms with Crippen LogP contribution in [-0.4, -0.2) is 38.5 Å². The molecule has 2 fully saturated rings. The number of nitrogens with zero attached hydrogens (tertiary/aromatic N) is 1. The van der Waals surface area contributed by atoms with E-state index in [1.54, 1.807) is 50.3 Å². The van der Waals surface area contributed by atoms with Crippen LogP contribution in [0.3, 0.4) is 0 Å². The first-order chi connectivity index (χ1) is 15.5. The first kappa shape index (κ1) is 22.3. The number of sulfonamides is 1. The van der Waals surface area contributed by atoms with Gasteiger partial charge in [0.15, 0.2) is 0 Å². The van der Waals surface area contributed by atoms with Gasteiger partial charge in [0.1, 0.15) is 5.60 Å². The molecule has 0 unspecified atom stereocenters. The molecule has 0 radical (unpaired) electrons. The monoisotopic (exact) mass is 486 g/mol. The molecule has 0 aliphatic carbocycles. The predicted molar refractivity (Wildman–Crippen MR) is 124 cm³/mol. The Balaban J connectivity index is 1.44. The minimum atomic E-state index is -3.87. The molecule has 2 amide bonds. The SMILES string of the molecule is Cc1cc(C)c(S(=O)(=O)NC[C@@]23C=C[C@@H](O2)[C@H]2C(=O)N(c4ccc(Cl)cc4)C(=O)[C@H]23)c(C)c1. The largest absolute Gasteiger partial charge is 0.361 e. The van der Waals surface area contributed by atoms with Gasteiger partial charge in [-0.3, -0.25) is 9.59 Å². The molecule has 4 atom stereocenters. The standard InChI is InChI=1S/C24H23ClN2O5S/c1-13-10-14(2)21(15(3)11-13)33(30,31)26-12-24-9-8-18(32-24)19-20(24)23(29)27(22(19)28)17-6-4-16(25)5-7-17/h4-11,18-20,26H,12H2,1-3H3/t18-,19-,20+,24-/m1/s1. The number of nitrogens with one attached hydrogen (secondary N) is 1. The number of rotatable bonds is 5. The number of fused-ring (bicyclic) bond motifs is 5. The van der Waals surface area contributed by atoms with Crippen molar-refractivity contribution >= 4 is 39.1 Å². The highest BCUT2D eigenvalue weighted by molar-refractivity contribution is 7.89.